The molecule has 2 fully saturated rings. The lowest BCUT2D eigenvalue weighted by Gasteiger charge is -2.30. The van der Waals surface area contributed by atoms with Crippen molar-refractivity contribution in [3.05, 3.63) is 0 Å². The van der Waals surface area contributed by atoms with Crippen LogP contribution >= 0.6 is 24.0 Å². The summed E-state index contributed by atoms with van der Waals surface area (Å²) >= 11 is 0. The zero-order chi connectivity index (χ0) is 16.1. The zero-order valence-corrected chi connectivity index (χ0v) is 17.8. The molecule has 0 aromatic heterocycles. The Labute approximate surface area is 159 Å². The molecule has 0 radical (unpaired) electrons. The van der Waals surface area contributed by atoms with Crippen LogP contribution in [-0.4, -0.2) is 74.7 Å². The van der Waals surface area contributed by atoms with Crippen LogP contribution in [-0.2, 0) is 0 Å². The first-order valence-electron chi connectivity index (χ1n) is 8.89. The van der Waals surface area contributed by atoms with Gasteiger partial charge in [0.2, 0.25) is 0 Å². The van der Waals surface area contributed by atoms with E-state index in [0.717, 1.165) is 25.0 Å². The number of nitrogens with zero attached hydrogens (tertiary/aromatic N) is 3. The molecular formula is C17H36IN5. The van der Waals surface area contributed by atoms with Crippen LogP contribution in [0.25, 0.3) is 0 Å². The Morgan fingerprint density at radius 3 is 2.57 bits per heavy atom. The largest absolute Gasteiger partial charge is 0.356 e. The molecule has 0 aromatic rings. The maximum absolute atomic E-state index is 4.42. The van der Waals surface area contributed by atoms with Gasteiger partial charge in [-0.3, -0.25) is 9.89 Å². The summed E-state index contributed by atoms with van der Waals surface area (Å²) in [7, 11) is 4.10. The van der Waals surface area contributed by atoms with Gasteiger partial charge in [-0.2, -0.15) is 0 Å². The van der Waals surface area contributed by atoms with Gasteiger partial charge in [0.15, 0.2) is 5.96 Å². The summed E-state index contributed by atoms with van der Waals surface area (Å²) in [6.07, 6.45) is 2.65. The molecule has 0 bridgehead atoms. The van der Waals surface area contributed by atoms with E-state index in [1.807, 2.05) is 7.05 Å². The molecule has 0 aromatic carbocycles. The fourth-order valence-corrected chi connectivity index (χ4v) is 3.66. The molecule has 2 aliphatic rings. The number of piperidine rings is 1. The lowest BCUT2D eigenvalue weighted by molar-refractivity contribution is 0.210. The van der Waals surface area contributed by atoms with Crippen molar-refractivity contribution in [2.45, 2.75) is 45.7 Å². The minimum atomic E-state index is 0. The molecule has 2 rings (SSSR count). The van der Waals surface area contributed by atoms with Crippen LogP contribution in [0.2, 0.25) is 0 Å². The van der Waals surface area contributed by atoms with Crippen molar-refractivity contribution in [3.63, 3.8) is 0 Å². The average Bonchev–Trinajstić information content (AvgIpc) is 2.85. The van der Waals surface area contributed by atoms with Gasteiger partial charge >= 0.3 is 0 Å². The summed E-state index contributed by atoms with van der Waals surface area (Å²) in [5.74, 6) is 2.38. The molecule has 5 nitrogen and oxygen atoms in total. The monoisotopic (exact) mass is 437 g/mol. The van der Waals surface area contributed by atoms with Gasteiger partial charge in [-0.15, -0.1) is 24.0 Å². The summed E-state index contributed by atoms with van der Waals surface area (Å²) in [6.45, 7) is 12.7. The lowest BCUT2D eigenvalue weighted by atomic mass is 9.98. The van der Waals surface area contributed by atoms with E-state index in [4.69, 9.17) is 0 Å². The van der Waals surface area contributed by atoms with Crippen molar-refractivity contribution in [2.75, 3.05) is 46.8 Å². The van der Waals surface area contributed by atoms with Crippen molar-refractivity contribution in [1.82, 2.24) is 20.4 Å². The number of aliphatic imine (C=N–C) groups is 1. The first-order valence-corrected chi connectivity index (χ1v) is 8.89. The smallest absolute Gasteiger partial charge is 0.191 e. The molecule has 0 saturated carbocycles. The second kappa shape index (κ2) is 10.0. The van der Waals surface area contributed by atoms with Gasteiger partial charge in [-0.25, -0.2) is 0 Å². The third-order valence-electron chi connectivity index (χ3n) is 5.20. The highest BCUT2D eigenvalue weighted by Gasteiger charge is 2.31. The van der Waals surface area contributed by atoms with Gasteiger partial charge in [-0.1, -0.05) is 6.92 Å². The first-order chi connectivity index (χ1) is 10.5. The van der Waals surface area contributed by atoms with Crippen LogP contribution in [0.4, 0.5) is 0 Å². The highest BCUT2D eigenvalue weighted by Crippen LogP contribution is 2.18. The van der Waals surface area contributed by atoms with E-state index in [9.17, 15) is 0 Å². The molecule has 0 aliphatic carbocycles. The van der Waals surface area contributed by atoms with Crippen molar-refractivity contribution in [3.8, 4) is 0 Å². The summed E-state index contributed by atoms with van der Waals surface area (Å²) in [5, 5.41) is 7.18. The Kier molecular flexibility index (Phi) is 9.15. The first kappa shape index (κ1) is 21.0. The van der Waals surface area contributed by atoms with Crippen molar-refractivity contribution >= 4 is 29.9 Å². The molecule has 3 unspecified atom stereocenters. The fraction of sp³-hybridized carbons (Fsp3) is 0.941. The Hall–Kier alpha value is -0.0800. The topological polar surface area (TPSA) is 42.9 Å². The normalized spacial score (nSPS) is 30.3. The highest BCUT2D eigenvalue weighted by molar-refractivity contribution is 14.0. The molecule has 23 heavy (non-hydrogen) atoms. The van der Waals surface area contributed by atoms with E-state index >= 15 is 0 Å². The van der Waals surface area contributed by atoms with E-state index in [1.165, 1.54) is 32.5 Å². The van der Waals surface area contributed by atoms with Gasteiger partial charge in [0.25, 0.3) is 0 Å². The summed E-state index contributed by atoms with van der Waals surface area (Å²) < 4.78 is 0. The standard InChI is InChI=1S/C17H35N5.HI/c1-13(2)22-10-14(3)16(12-22)20-17(18-4)19-9-15-7-6-8-21(5)11-15;/h13-16H,6-12H2,1-5H3,(H2,18,19,20);1H. The molecular weight excluding hydrogens is 401 g/mol. The molecule has 0 amide bonds. The van der Waals surface area contributed by atoms with E-state index in [2.05, 4.69) is 53.2 Å². The van der Waals surface area contributed by atoms with Crippen LogP contribution in [0.5, 0.6) is 0 Å². The second-order valence-electron chi connectivity index (χ2n) is 7.50. The number of hydrogen-bond donors (Lipinski definition) is 2. The van der Waals surface area contributed by atoms with E-state index in [1.54, 1.807) is 0 Å². The van der Waals surface area contributed by atoms with Crippen LogP contribution in [0.1, 0.15) is 33.6 Å². The number of guanidine groups is 1. The fourth-order valence-electron chi connectivity index (χ4n) is 3.66. The van der Waals surface area contributed by atoms with Crippen LogP contribution in [0.3, 0.4) is 0 Å². The Morgan fingerprint density at radius 2 is 2.00 bits per heavy atom. The maximum atomic E-state index is 4.42. The molecule has 2 heterocycles. The Bertz CT molecular complexity index is 374. The van der Waals surface area contributed by atoms with E-state index in [-0.39, 0.29) is 24.0 Å². The minimum absolute atomic E-state index is 0. The van der Waals surface area contributed by atoms with Crippen LogP contribution in [0, 0.1) is 11.8 Å². The number of hydrogen-bond acceptors (Lipinski definition) is 3. The van der Waals surface area contributed by atoms with Gasteiger partial charge < -0.3 is 15.5 Å². The van der Waals surface area contributed by atoms with Crippen molar-refractivity contribution in [2.24, 2.45) is 16.8 Å². The summed E-state index contributed by atoms with van der Waals surface area (Å²) in [5.41, 5.74) is 0. The quantitative estimate of drug-likeness (QED) is 0.400. The van der Waals surface area contributed by atoms with E-state index < -0.39 is 0 Å². The Morgan fingerprint density at radius 1 is 1.26 bits per heavy atom. The molecule has 2 saturated heterocycles. The van der Waals surface area contributed by atoms with E-state index in [0.29, 0.717) is 18.0 Å². The second-order valence-corrected chi connectivity index (χ2v) is 7.50. The zero-order valence-electron chi connectivity index (χ0n) is 15.5. The van der Waals surface area contributed by atoms with Gasteiger partial charge in [0.05, 0.1) is 0 Å². The summed E-state index contributed by atoms with van der Waals surface area (Å²) in [4.78, 5) is 9.41. The Balaban J connectivity index is 0.00000264. The number of nitrogens with one attached hydrogen (secondary N) is 2. The van der Waals surface area contributed by atoms with Crippen LogP contribution < -0.4 is 10.6 Å². The van der Waals surface area contributed by atoms with Crippen LogP contribution in [0.15, 0.2) is 4.99 Å². The molecule has 6 heteroatoms. The highest BCUT2D eigenvalue weighted by atomic mass is 127. The maximum Gasteiger partial charge on any atom is 0.191 e. The number of likely N-dealkylation sites (tertiary alicyclic amines) is 2. The SMILES string of the molecule is CN=C(NCC1CCCN(C)C1)NC1CN(C(C)C)CC1C.I. The number of rotatable bonds is 4. The van der Waals surface area contributed by atoms with Gasteiger partial charge in [-0.05, 0) is 52.1 Å². The molecule has 0 spiro atoms. The third kappa shape index (κ3) is 6.38. The summed E-state index contributed by atoms with van der Waals surface area (Å²) in [6, 6.07) is 1.13. The average molecular weight is 437 g/mol. The molecule has 3 atom stereocenters. The predicted octanol–water partition coefficient (Wildman–Crippen LogP) is 1.84. The van der Waals surface area contributed by atoms with Crippen molar-refractivity contribution < 1.29 is 0 Å². The number of halogens is 1. The molecule has 2 N–H and O–H groups in total. The molecule has 2 aliphatic heterocycles. The lowest BCUT2D eigenvalue weighted by Crippen LogP contribution is -2.49. The predicted molar refractivity (Wildman–Crippen MR) is 110 cm³/mol. The van der Waals surface area contributed by atoms with Gasteiger partial charge in [0.1, 0.15) is 0 Å². The minimum Gasteiger partial charge on any atom is -0.356 e. The van der Waals surface area contributed by atoms with Crippen molar-refractivity contribution in [1.29, 1.82) is 0 Å². The third-order valence-corrected chi connectivity index (χ3v) is 5.20. The molecule has 136 valence electrons. The van der Waals surface area contributed by atoms with Gasteiger partial charge in [0, 0.05) is 45.3 Å².